The van der Waals surface area contributed by atoms with Gasteiger partial charge in [-0.05, 0) is 49.9 Å². The quantitative estimate of drug-likeness (QED) is 0.607. The van der Waals surface area contributed by atoms with Crippen LogP contribution >= 0.6 is 0 Å². The molecule has 2 amide bonds. The second kappa shape index (κ2) is 10.3. The number of nitrogens with zero attached hydrogens (tertiary/aromatic N) is 3. The summed E-state index contributed by atoms with van der Waals surface area (Å²) in [5.41, 5.74) is 2.02. The highest BCUT2D eigenvalue weighted by Crippen LogP contribution is 2.20. The Morgan fingerprint density at radius 1 is 0.968 bits per heavy atom. The highest BCUT2D eigenvalue weighted by Gasteiger charge is 2.29. The Morgan fingerprint density at radius 3 is 2.19 bits per heavy atom. The van der Waals surface area contributed by atoms with Gasteiger partial charge >= 0.3 is 0 Å². The van der Waals surface area contributed by atoms with Crippen LogP contribution in [0.1, 0.15) is 6.42 Å². The van der Waals surface area contributed by atoms with E-state index in [9.17, 15) is 18.0 Å². The van der Waals surface area contributed by atoms with Gasteiger partial charge in [-0.25, -0.2) is 8.42 Å². The molecule has 1 heterocycles. The van der Waals surface area contributed by atoms with Crippen LogP contribution in [0.5, 0.6) is 0 Å². The van der Waals surface area contributed by atoms with Gasteiger partial charge < -0.3 is 10.6 Å². The number of nitrogens with one attached hydrogen (secondary N) is 2. The average molecular weight is 444 g/mol. The molecule has 2 aromatic carbocycles. The number of carbonyl (C=O) groups excluding carboxylic acids is 2. The second-order valence-corrected chi connectivity index (χ2v) is 9.70. The molecule has 1 atom stereocenters. The monoisotopic (exact) mass is 443 g/mol. The topological polar surface area (TPSA) is 120 Å². The zero-order valence-corrected chi connectivity index (χ0v) is 18.0. The van der Waals surface area contributed by atoms with E-state index in [1.807, 2.05) is 30.3 Å². The third-order valence-corrected chi connectivity index (χ3v) is 6.38. The standard InChI is InChI=1S/C21H25N5O4S/c1-26(14-21(28)23-19-11-12-31(29,30)15-19)13-20(27)22-16-7-9-18(10-8-16)25-24-17-5-3-2-4-6-17/h2-10,19H,11-15H2,1H3,(H,22,27)(H,23,28). The molecule has 31 heavy (non-hydrogen) atoms. The number of hydrogen-bond acceptors (Lipinski definition) is 7. The van der Waals surface area contributed by atoms with Gasteiger partial charge in [0.1, 0.15) is 0 Å². The molecular formula is C21H25N5O4S. The lowest BCUT2D eigenvalue weighted by molar-refractivity contribution is -0.123. The van der Waals surface area contributed by atoms with Crippen molar-refractivity contribution in [3.8, 4) is 0 Å². The number of azo groups is 1. The molecule has 1 saturated heterocycles. The third kappa shape index (κ3) is 7.58. The summed E-state index contributed by atoms with van der Waals surface area (Å²) in [7, 11) is -1.40. The largest absolute Gasteiger partial charge is 0.351 e. The maximum atomic E-state index is 12.2. The van der Waals surface area contributed by atoms with E-state index < -0.39 is 9.84 Å². The van der Waals surface area contributed by atoms with Crippen LogP contribution in [0.3, 0.4) is 0 Å². The van der Waals surface area contributed by atoms with Crippen LogP contribution < -0.4 is 10.6 Å². The minimum absolute atomic E-state index is 0.00275. The molecule has 1 fully saturated rings. The molecular weight excluding hydrogens is 418 g/mol. The molecule has 0 saturated carbocycles. The molecule has 2 aromatic rings. The summed E-state index contributed by atoms with van der Waals surface area (Å²) in [5.74, 6) is -0.491. The van der Waals surface area contributed by atoms with Crippen LogP contribution in [-0.2, 0) is 19.4 Å². The van der Waals surface area contributed by atoms with E-state index in [2.05, 4.69) is 20.9 Å². The number of carbonyl (C=O) groups is 2. The highest BCUT2D eigenvalue weighted by atomic mass is 32.2. The zero-order valence-electron chi connectivity index (χ0n) is 17.2. The molecule has 0 spiro atoms. The summed E-state index contributed by atoms with van der Waals surface area (Å²) in [4.78, 5) is 25.9. The van der Waals surface area contributed by atoms with Crippen molar-refractivity contribution in [1.82, 2.24) is 10.2 Å². The van der Waals surface area contributed by atoms with Gasteiger partial charge in [0, 0.05) is 11.7 Å². The van der Waals surface area contributed by atoms with Crippen molar-refractivity contribution < 1.29 is 18.0 Å². The van der Waals surface area contributed by atoms with Gasteiger partial charge in [-0.3, -0.25) is 14.5 Å². The van der Waals surface area contributed by atoms with Gasteiger partial charge in [-0.2, -0.15) is 10.2 Å². The molecule has 10 heteroatoms. The number of benzene rings is 2. The summed E-state index contributed by atoms with van der Waals surface area (Å²) in [6.07, 6.45) is 0.430. The molecule has 0 radical (unpaired) electrons. The van der Waals surface area contributed by atoms with Gasteiger partial charge in [-0.1, -0.05) is 18.2 Å². The lowest BCUT2D eigenvalue weighted by atomic mass is 10.2. The number of sulfone groups is 1. The number of rotatable bonds is 8. The van der Waals surface area contributed by atoms with Crippen molar-refractivity contribution in [2.45, 2.75) is 12.5 Å². The van der Waals surface area contributed by atoms with Crippen molar-refractivity contribution in [3.05, 3.63) is 54.6 Å². The van der Waals surface area contributed by atoms with Gasteiger partial charge in [0.25, 0.3) is 0 Å². The Labute approximate surface area is 181 Å². The maximum absolute atomic E-state index is 12.2. The number of hydrogen-bond donors (Lipinski definition) is 2. The fraction of sp³-hybridized carbons (Fsp3) is 0.333. The van der Waals surface area contributed by atoms with E-state index in [-0.39, 0.29) is 42.5 Å². The molecule has 9 nitrogen and oxygen atoms in total. The number of anilines is 1. The Hall–Kier alpha value is -3.11. The van der Waals surface area contributed by atoms with Crippen molar-refractivity contribution in [2.24, 2.45) is 10.2 Å². The predicted octanol–water partition coefficient (Wildman–Crippen LogP) is 2.28. The van der Waals surface area contributed by atoms with E-state index >= 15 is 0 Å². The highest BCUT2D eigenvalue weighted by molar-refractivity contribution is 7.91. The van der Waals surface area contributed by atoms with Crippen LogP contribution in [0.2, 0.25) is 0 Å². The maximum Gasteiger partial charge on any atom is 0.238 e. The predicted molar refractivity (Wildman–Crippen MR) is 118 cm³/mol. The normalized spacial score (nSPS) is 17.7. The Bertz CT molecular complexity index is 1040. The first-order chi connectivity index (χ1) is 14.8. The minimum Gasteiger partial charge on any atom is -0.351 e. The lowest BCUT2D eigenvalue weighted by Crippen LogP contribution is -2.43. The first kappa shape index (κ1) is 22.6. The van der Waals surface area contributed by atoms with Gasteiger partial charge in [0.05, 0.1) is 36.0 Å². The van der Waals surface area contributed by atoms with Crippen LogP contribution in [0.4, 0.5) is 17.1 Å². The van der Waals surface area contributed by atoms with Crippen LogP contribution in [-0.4, -0.2) is 62.8 Å². The van der Waals surface area contributed by atoms with Gasteiger partial charge in [0.2, 0.25) is 11.8 Å². The van der Waals surface area contributed by atoms with Gasteiger partial charge in [-0.15, -0.1) is 0 Å². The number of likely N-dealkylation sites (N-methyl/N-ethyl adjacent to an activating group) is 1. The van der Waals surface area contributed by atoms with Crippen molar-refractivity contribution in [1.29, 1.82) is 0 Å². The Morgan fingerprint density at radius 2 is 1.58 bits per heavy atom. The van der Waals surface area contributed by atoms with Crippen molar-refractivity contribution >= 4 is 38.7 Å². The molecule has 1 aliphatic rings. The van der Waals surface area contributed by atoms with Crippen LogP contribution in [0.25, 0.3) is 0 Å². The van der Waals surface area contributed by atoms with Crippen molar-refractivity contribution in [2.75, 3.05) is 37.0 Å². The second-order valence-electron chi connectivity index (χ2n) is 7.47. The minimum atomic E-state index is -3.05. The molecule has 164 valence electrons. The summed E-state index contributed by atoms with van der Waals surface area (Å²) < 4.78 is 22.9. The first-order valence-corrected chi connectivity index (χ1v) is 11.7. The van der Waals surface area contributed by atoms with E-state index in [1.165, 1.54) is 0 Å². The SMILES string of the molecule is CN(CC(=O)Nc1ccc(N=Nc2ccccc2)cc1)CC(=O)NC1CCS(=O)(=O)C1. The van der Waals surface area contributed by atoms with Crippen LogP contribution in [0.15, 0.2) is 64.8 Å². The van der Waals surface area contributed by atoms with E-state index in [0.717, 1.165) is 5.69 Å². The Kier molecular flexibility index (Phi) is 7.48. The zero-order chi connectivity index (χ0) is 22.3. The molecule has 1 aliphatic heterocycles. The molecule has 0 aromatic heterocycles. The first-order valence-electron chi connectivity index (χ1n) is 9.84. The van der Waals surface area contributed by atoms with Crippen molar-refractivity contribution in [3.63, 3.8) is 0 Å². The summed E-state index contributed by atoms with van der Waals surface area (Å²) in [6.45, 7) is 0.0224. The number of amides is 2. The molecule has 3 rings (SSSR count). The molecule has 2 N–H and O–H groups in total. The fourth-order valence-corrected chi connectivity index (χ4v) is 4.82. The third-order valence-electron chi connectivity index (χ3n) is 4.61. The lowest BCUT2D eigenvalue weighted by Gasteiger charge is -2.17. The summed E-state index contributed by atoms with van der Waals surface area (Å²) in [6, 6.07) is 16.0. The van der Waals surface area contributed by atoms with Crippen LogP contribution in [0, 0.1) is 0 Å². The summed E-state index contributed by atoms with van der Waals surface area (Å²) in [5, 5.41) is 13.8. The Balaban J connectivity index is 1.42. The van der Waals surface area contributed by atoms with E-state index in [0.29, 0.717) is 17.8 Å². The molecule has 1 unspecified atom stereocenters. The van der Waals surface area contributed by atoms with E-state index in [4.69, 9.17) is 0 Å². The molecule has 0 aliphatic carbocycles. The fourth-order valence-electron chi connectivity index (χ4n) is 3.15. The van der Waals surface area contributed by atoms with Gasteiger partial charge in [0.15, 0.2) is 9.84 Å². The summed E-state index contributed by atoms with van der Waals surface area (Å²) >= 11 is 0. The average Bonchev–Trinajstić information content (AvgIpc) is 3.06. The van der Waals surface area contributed by atoms with E-state index in [1.54, 1.807) is 36.2 Å². The smallest absolute Gasteiger partial charge is 0.238 e. The molecule has 0 bridgehead atoms.